The van der Waals surface area contributed by atoms with E-state index < -0.39 is 11.9 Å². The van der Waals surface area contributed by atoms with Crippen LogP contribution in [0.5, 0.6) is 0 Å². The Bertz CT molecular complexity index is 901. The van der Waals surface area contributed by atoms with Gasteiger partial charge in [-0.05, 0) is 47.6 Å². The first-order chi connectivity index (χ1) is 14.8. The van der Waals surface area contributed by atoms with E-state index in [2.05, 4.69) is 78.0 Å². The lowest BCUT2D eigenvalue weighted by atomic mass is 9.99. The Kier molecular flexibility index (Phi) is 9.29. The van der Waals surface area contributed by atoms with Crippen molar-refractivity contribution in [1.82, 2.24) is 5.32 Å². The number of hydrogen-bond donors (Lipinski definition) is 4. The van der Waals surface area contributed by atoms with Gasteiger partial charge in [-0.3, -0.25) is 4.99 Å². The molecule has 7 nitrogen and oxygen atoms in total. The zero-order chi connectivity index (χ0) is 22.6. The van der Waals surface area contributed by atoms with E-state index in [0.29, 0.717) is 18.1 Å². The molecule has 0 saturated heterocycles. The Morgan fingerprint density at radius 3 is 1.94 bits per heavy atom. The second kappa shape index (κ2) is 12.2. The first kappa shape index (κ1) is 23.7. The van der Waals surface area contributed by atoms with Crippen molar-refractivity contribution >= 4 is 23.6 Å². The minimum Gasteiger partial charge on any atom is -0.478 e. The van der Waals surface area contributed by atoms with E-state index >= 15 is 0 Å². The fourth-order valence-corrected chi connectivity index (χ4v) is 2.97. The zero-order valence-electron chi connectivity index (χ0n) is 17.8. The second-order valence-corrected chi connectivity index (χ2v) is 7.58. The van der Waals surface area contributed by atoms with Gasteiger partial charge in [0.25, 0.3) is 0 Å². The molecule has 2 aromatic carbocycles. The molecule has 0 amide bonds. The van der Waals surface area contributed by atoms with Crippen molar-refractivity contribution in [2.45, 2.75) is 26.7 Å². The van der Waals surface area contributed by atoms with Gasteiger partial charge in [-0.25, -0.2) is 9.59 Å². The third-order valence-corrected chi connectivity index (χ3v) is 4.33. The van der Waals surface area contributed by atoms with Crippen molar-refractivity contribution in [3.05, 3.63) is 77.4 Å². The van der Waals surface area contributed by atoms with Crippen LogP contribution >= 0.6 is 0 Å². The lowest BCUT2D eigenvalue weighted by molar-refractivity contribution is -0.134. The van der Waals surface area contributed by atoms with Gasteiger partial charge in [-0.1, -0.05) is 50.2 Å². The summed E-state index contributed by atoms with van der Waals surface area (Å²) < 4.78 is 0. The summed E-state index contributed by atoms with van der Waals surface area (Å²) in [5, 5.41) is 22.1. The molecule has 0 atom stereocenters. The molecule has 0 aromatic heterocycles. The summed E-state index contributed by atoms with van der Waals surface area (Å²) in [5.41, 5.74) is 5.19. The van der Waals surface area contributed by atoms with Crippen LogP contribution < -0.4 is 10.6 Å². The summed E-state index contributed by atoms with van der Waals surface area (Å²) in [6.07, 6.45) is 3.24. The molecule has 0 bridgehead atoms. The van der Waals surface area contributed by atoms with Gasteiger partial charge in [0.05, 0.1) is 6.54 Å². The number of rotatable bonds is 7. The molecule has 164 valence electrons. The molecule has 31 heavy (non-hydrogen) atoms. The highest BCUT2D eigenvalue weighted by molar-refractivity contribution is 5.94. The van der Waals surface area contributed by atoms with Crippen molar-refractivity contribution in [3.63, 3.8) is 0 Å². The van der Waals surface area contributed by atoms with E-state index in [1.807, 2.05) is 0 Å². The number of nitrogens with one attached hydrogen (secondary N) is 2. The van der Waals surface area contributed by atoms with Gasteiger partial charge in [0.1, 0.15) is 0 Å². The van der Waals surface area contributed by atoms with Gasteiger partial charge in [0, 0.05) is 24.4 Å². The Hall–Kier alpha value is -3.61. The van der Waals surface area contributed by atoms with Crippen molar-refractivity contribution < 1.29 is 19.8 Å². The first-order valence-electron chi connectivity index (χ1n) is 10.2. The summed E-state index contributed by atoms with van der Waals surface area (Å²) in [7, 11) is 0. The molecule has 0 spiro atoms. The maximum Gasteiger partial charge on any atom is 0.328 e. The summed E-state index contributed by atoms with van der Waals surface area (Å²) in [6.45, 7) is 6.30. The van der Waals surface area contributed by atoms with E-state index in [-0.39, 0.29) is 0 Å². The predicted molar refractivity (Wildman–Crippen MR) is 123 cm³/mol. The van der Waals surface area contributed by atoms with Crippen LogP contribution in [-0.2, 0) is 22.4 Å². The van der Waals surface area contributed by atoms with Crippen LogP contribution in [-0.4, -0.2) is 41.2 Å². The summed E-state index contributed by atoms with van der Waals surface area (Å²) in [5.74, 6) is -0.932. The van der Waals surface area contributed by atoms with Crippen LogP contribution in [0, 0.1) is 5.92 Å². The molecule has 1 heterocycles. The monoisotopic (exact) mass is 423 g/mol. The largest absolute Gasteiger partial charge is 0.478 e. The third-order valence-electron chi connectivity index (χ3n) is 4.33. The second-order valence-electron chi connectivity index (χ2n) is 7.58. The molecular formula is C24H29N3O4. The highest BCUT2D eigenvalue weighted by Crippen LogP contribution is 2.16. The highest BCUT2D eigenvalue weighted by Gasteiger charge is 2.05. The number of benzene rings is 2. The summed E-state index contributed by atoms with van der Waals surface area (Å²) >= 11 is 0. The molecule has 0 saturated carbocycles. The minimum absolute atomic E-state index is 0.558. The van der Waals surface area contributed by atoms with Gasteiger partial charge < -0.3 is 20.8 Å². The van der Waals surface area contributed by atoms with Crippen molar-refractivity contribution in [2.75, 3.05) is 18.4 Å². The molecule has 4 N–H and O–H groups in total. The summed E-state index contributed by atoms with van der Waals surface area (Å²) in [6, 6.07) is 17.6. The number of aliphatic carboxylic acids is 2. The van der Waals surface area contributed by atoms with E-state index in [0.717, 1.165) is 37.6 Å². The first-order valence-corrected chi connectivity index (χ1v) is 10.2. The number of aliphatic imine (C=N–C) groups is 1. The lowest BCUT2D eigenvalue weighted by Gasteiger charge is -2.09. The third kappa shape index (κ3) is 9.62. The van der Waals surface area contributed by atoms with Crippen LogP contribution in [0.25, 0.3) is 0 Å². The Morgan fingerprint density at radius 1 is 0.968 bits per heavy atom. The predicted octanol–water partition coefficient (Wildman–Crippen LogP) is 3.56. The highest BCUT2D eigenvalue weighted by atomic mass is 16.4. The van der Waals surface area contributed by atoms with Crippen molar-refractivity contribution in [2.24, 2.45) is 10.9 Å². The maximum atomic E-state index is 9.55. The zero-order valence-corrected chi connectivity index (χ0v) is 17.8. The van der Waals surface area contributed by atoms with Gasteiger partial charge in [-0.15, -0.1) is 0 Å². The molecule has 0 aliphatic carbocycles. The quantitative estimate of drug-likeness (QED) is 0.507. The molecule has 0 fully saturated rings. The molecule has 0 unspecified atom stereocenters. The normalized spacial score (nSPS) is 12.7. The standard InChI is InChI=1S/C20H25N3.C4H4O4/c1-15(2)13-16-3-5-17(6-4-16)14-18-7-9-19(10-8-18)23-20-21-11-12-22-20;5-3(6)1-2-4(7)8/h3-10,15H,11-14H2,1-2H3,(H2,21,22,23);1-2H,(H,5,6)(H,7,8). The van der Waals surface area contributed by atoms with Gasteiger partial charge in [0.2, 0.25) is 0 Å². The SMILES string of the molecule is CC(C)Cc1ccc(Cc2ccc(NC3=NCCN3)cc2)cc1.O=C(O)C=CC(=O)O. The van der Waals surface area contributed by atoms with Crippen LogP contribution in [0.2, 0.25) is 0 Å². The Balaban J connectivity index is 0.000000366. The Labute approximate surface area is 182 Å². The number of carboxylic acid groups (broad SMARTS) is 2. The molecule has 0 radical (unpaired) electrons. The van der Waals surface area contributed by atoms with Crippen LogP contribution in [0.4, 0.5) is 5.69 Å². The average Bonchev–Trinajstić information content (AvgIpc) is 3.23. The lowest BCUT2D eigenvalue weighted by Crippen LogP contribution is -2.26. The summed E-state index contributed by atoms with van der Waals surface area (Å²) in [4.78, 5) is 23.5. The number of nitrogens with zero attached hydrogens (tertiary/aromatic N) is 1. The molecule has 3 rings (SSSR count). The average molecular weight is 424 g/mol. The molecule has 1 aliphatic rings. The van der Waals surface area contributed by atoms with E-state index in [1.54, 1.807) is 0 Å². The fraction of sp³-hybridized carbons (Fsp3) is 0.292. The van der Waals surface area contributed by atoms with Gasteiger partial charge >= 0.3 is 11.9 Å². The number of carbonyl (C=O) groups is 2. The number of anilines is 1. The number of guanidine groups is 1. The maximum absolute atomic E-state index is 9.55. The van der Waals surface area contributed by atoms with Gasteiger partial charge in [0.15, 0.2) is 5.96 Å². The topological polar surface area (TPSA) is 111 Å². The fourth-order valence-electron chi connectivity index (χ4n) is 2.97. The van der Waals surface area contributed by atoms with E-state index in [4.69, 9.17) is 10.2 Å². The number of hydrogen-bond acceptors (Lipinski definition) is 5. The molecular weight excluding hydrogens is 394 g/mol. The van der Waals surface area contributed by atoms with Gasteiger partial charge in [-0.2, -0.15) is 0 Å². The van der Waals surface area contributed by atoms with Crippen molar-refractivity contribution in [3.8, 4) is 0 Å². The van der Waals surface area contributed by atoms with Crippen LogP contribution in [0.15, 0.2) is 65.7 Å². The number of carboxylic acids is 2. The molecule has 1 aliphatic heterocycles. The minimum atomic E-state index is -1.26. The van der Waals surface area contributed by atoms with Crippen molar-refractivity contribution in [1.29, 1.82) is 0 Å². The van der Waals surface area contributed by atoms with E-state index in [1.165, 1.54) is 16.7 Å². The van der Waals surface area contributed by atoms with E-state index in [9.17, 15) is 9.59 Å². The molecule has 7 heteroatoms. The smallest absolute Gasteiger partial charge is 0.328 e. The van der Waals surface area contributed by atoms with Crippen LogP contribution in [0.3, 0.4) is 0 Å². The molecule has 2 aromatic rings. The van der Waals surface area contributed by atoms with Crippen LogP contribution in [0.1, 0.15) is 30.5 Å². The Morgan fingerprint density at radius 2 is 1.48 bits per heavy atom.